The number of carboxylic acids is 1. The van der Waals surface area contributed by atoms with Crippen LogP contribution in [0.5, 0.6) is 0 Å². The minimum Gasteiger partial charge on any atom is -0.481 e. The Morgan fingerprint density at radius 1 is 1.12 bits per heavy atom. The van der Waals surface area contributed by atoms with Gasteiger partial charge in [0.15, 0.2) is 5.78 Å². The molecule has 0 aliphatic carbocycles. The van der Waals surface area contributed by atoms with Gasteiger partial charge in [0.1, 0.15) is 12.5 Å². The maximum Gasteiger partial charge on any atom is 0.407 e. The van der Waals surface area contributed by atoms with Crippen LogP contribution in [0.3, 0.4) is 0 Å². The minimum absolute atomic E-state index is 0.0104. The molecule has 2 N–H and O–H groups in total. The van der Waals surface area contributed by atoms with E-state index in [1.54, 1.807) is 36.4 Å². The fourth-order valence-electron chi connectivity index (χ4n) is 3.66. The van der Waals surface area contributed by atoms with Crippen molar-refractivity contribution >= 4 is 27.9 Å². The predicted octanol–water partition coefficient (Wildman–Crippen LogP) is 2.34. The molecule has 9 nitrogen and oxygen atoms in total. The second kappa shape index (κ2) is 10.6. The van der Waals surface area contributed by atoms with E-state index in [9.17, 15) is 27.9 Å². The molecule has 0 radical (unpaired) electrons. The van der Waals surface area contributed by atoms with Crippen LogP contribution in [0.2, 0.25) is 0 Å². The Bertz CT molecular complexity index is 1100. The first-order valence-electron chi connectivity index (χ1n) is 10.5. The van der Waals surface area contributed by atoms with Crippen LogP contribution in [-0.4, -0.2) is 54.8 Å². The fourth-order valence-corrected chi connectivity index (χ4v) is 5.32. The number of benzene rings is 2. The number of hydrogen-bond donors (Lipinski definition) is 2. The van der Waals surface area contributed by atoms with E-state index in [2.05, 4.69) is 5.32 Å². The zero-order chi connectivity index (χ0) is 24.0. The maximum atomic E-state index is 13.1. The molecule has 1 aliphatic heterocycles. The number of ether oxygens (including phenoxy) is 1. The van der Waals surface area contributed by atoms with Crippen LogP contribution in [0.4, 0.5) is 4.79 Å². The molecule has 1 fully saturated rings. The lowest BCUT2D eigenvalue weighted by Gasteiger charge is -2.25. The Labute approximate surface area is 192 Å². The Morgan fingerprint density at radius 2 is 1.79 bits per heavy atom. The van der Waals surface area contributed by atoms with Crippen LogP contribution in [0, 0.1) is 12.8 Å². The molecule has 2 aromatic rings. The van der Waals surface area contributed by atoms with Gasteiger partial charge in [-0.05, 0) is 37.5 Å². The standard InChI is InChI=1S/C23H26N2O7S/c1-16-9-11-18(12-10-16)33(30,31)25-13-5-8-20(25)21(26)19(22(27)28)14-24-23(29)32-15-17-6-3-2-4-7-17/h2-4,6-7,9-12,19-20H,5,8,13-15H2,1H3,(H,24,29)(H,27,28)/t19?,20-/m0/s1. The largest absolute Gasteiger partial charge is 0.481 e. The van der Waals surface area contributed by atoms with Crippen molar-refractivity contribution in [1.82, 2.24) is 9.62 Å². The van der Waals surface area contributed by atoms with Crippen LogP contribution < -0.4 is 5.32 Å². The third-order valence-corrected chi connectivity index (χ3v) is 7.39. The maximum absolute atomic E-state index is 13.1. The highest BCUT2D eigenvalue weighted by Crippen LogP contribution is 2.28. The Kier molecular flexibility index (Phi) is 7.83. The summed E-state index contributed by atoms with van der Waals surface area (Å²) in [5.41, 5.74) is 1.64. The van der Waals surface area contributed by atoms with E-state index in [0.29, 0.717) is 6.42 Å². The lowest BCUT2D eigenvalue weighted by molar-refractivity contribution is -0.147. The van der Waals surface area contributed by atoms with Gasteiger partial charge in [-0.25, -0.2) is 13.2 Å². The number of carbonyl (C=O) groups excluding carboxylic acids is 2. The number of alkyl carbamates (subject to hydrolysis) is 1. The number of carboxylic acid groups (broad SMARTS) is 1. The monoisotopic (exact) mass is 474 g/mol. The summed E-state index contributed by atoms with van der Waals surface area (Å²) in [6, 6.07) is 14.0. The number of ketones is 1. The average molecular weight is 475 g/mol. The van der Waals surface area contributed by atoms with Crippen molar-refractivity contribution in [3.63, 3.8) is 0 Å². The van der Waals surface area contributed by atoms with Gasteiger partial charge in [-0.1, -0.05) is 48.0 Å². The Hall–Kier alpha value is -3.24. The second-order valence-corrected chi connectivity index (χ2v) is 9.71. The van der Waals surface area contributed by atoms with Gasteiger partial charge in [-0.2, -0.15) is 4.31 Å². The van der Waals surface area contributed by atoms with Crippen molar-refractivity contribution in [2.75, 3.05) is 13.1 Å². The van der Waals surface area contributed by atoms with Crippen molar-refractivity contribution in [3.8, 4) is 0 Å². The molecule has 33 heavy (non-hydrogen) atoms. The van der Waals surface area contributed by atoms with Gasteiger partial charge < -0.3 is 15.2 Å². The van der Waals surface area contributed by atoms with E-state index >= 15 is 0 Å². The molecular formula is C23H26N2O7S. The molecule has 2 aromatic carbocycles. The third kappa shape index (κ3) is 5.96. The van der Waals surface area contributed by atoms with E-state index in [-0.39, 0.29) is 24.5 Å². The summed E-state index contributed by atoms with van der Waals surface area (Å²) >= 11 is 0. The van der Waals surface area contributed by atoms with E-state index in [1.165, 1.54) is 12.1 Å². The molecule has 0 bridgehead atoms. The summed E-state index contributed by atoms with van der Waals surface area (Å²) in [6.07, 6.45) is -0.222. The van der Waals surface area contributed by atoms with E-state index in [4.69, 9.17) is 4.74 Å². The molecule has 0 saturated carbocycles. The van der Waals surface area contributed by atoms with Gasteiger partial charge in [-0.3, -0.25) is 9.59 Å². The zero-order valence-electron chi connectivity index (χ0n) is 18.1. The van der Waals surface area contributed by atoms with Gasteiger partial charge in [-0.15, -0.1) is 0 Å². The predicted molar refractivity (Wildman–Crippen MR) is 119 cm³/mol. The first-order chi connectivity index (χ1) is 15.7. The number of nitrogens with zero attached hydrogens (tertiary/aromatic N) is 1. The molecule has 1 amide bonds. The first kappa shape index (κ1) is 24.4. The van der Waals surface area contributed by atoms with Crippen molar-refractivity contribution < 1.29 is 32.6 Å². The van der Waals surface area contributed by atoms with Gasteiger partial charge in [0, 0.05) is 13.1 Å². The summed E-state index contributed by atoms with van der Waals surface area (Å²) in [4.78, 5) is 36.8. The normalized spacial score (nSPS) is 17.3. The summed E-state index contributed by atoms with van der Waals surface area (Å²) < 4.78 is 32.3. The number of nitrogens with one attached hydrogen (secondary N) is 1. The van der Waals surface area contributed by atoms with E-state index < -0.39 is 46.4 Å². The van der Waals surface area contributed by atoms with Crippen LogP contribution >= 0.6 is 0 Å². The number of sulfonamides is 1. The molecule has 1 unspecified atom stereocenters. The topological polar surface area (TPSA) is 130 Å². The number of aliphatic carboxylic acids is 1. The summed E-state index contributed by atoms with van der Waals surface area (Å²) in [5.74, 6) is -3.81. The molecule has 176 valence electrons. The summed E-state index contributed by atoms with van der Waals surface area (Å²) in [7, 11) is -3.97. The Morgan fingerprint density at radius 3 is 2.42 bits per heavy atom. The SMILES string of the molecule is Cc1ccc(S(=O)(=O)N2CCC[C@H]2C(=O)C(CNC(=O)OCc2ccccc2)C(=O)O)cc1. The number of rotatable bonds is 9. The van der Waals surface area contributed by atoms with Crippen molar-refractivity contribution in [1.29, 1.82) is 0 Å². The smallest absolute Gasteiger partial charge is 0.407 e. The molecule has 10 heteroatoms. The molecule has 3 rings (SSSR count). The van der Waals surface area contributed by atoms with E-state index in [0.717, 1.165) is 15.4 Å². The molecular weight excluding hydrogens is 448 g/mol. The number of aryl methyl sites for hydroxylation is 1. The molecule has 1 saturated heterocycles. The molecule has 0 spiro atoms. The zero-order valence-corrected chi connectivity index (χ0v) is 19.0. The van der Waals surface area contributed by atoms with Gasteiger partial charge >= 0.3 is 12.1 Å². The van der Waals surface area contributed by atoms with Crippen molar-refractivity contribution in [2.45, 2.75) is 37.3 Å². The Balaban J connectivity index is 1.66. The first-order valence-corrected chi connectivity index (χ1v) is 11.9. The number of carbonyl (C=O) groups is 3. The third-order valence-electron chi connectivity index (χ3n) is 5.46. The van der Waals surface area contributed by atoms with Gasteiger partial charge in [0.2, 0.25) is 10.0 Å². The highest BCUT2D eigenvalue weighted by molar-refractivity contribution is 7.89. The molecule has 1 aliphatic rings. The van der Waals surface area contributed by atoms with Crippen LogP contribution in [0.25, 0.3) is 0 Å². The highest BCUT2D eigenvalue weighted by atomic mass is 32.2. The van der Waals surface area contributed by atoms with Gasteiger partial charge in [0.25, 0.3) is 0 Å². The van der Waals surface area contributed by atoms with Crippen molar-refractivity contribution in [3.05, 3.63) is 65.7 Å². The average Bonchev–Trinajstić information content (AvgIpc) is 3.29. The molecule has 0 aromatic heterocycles. The quantitative estimate of drug-likeness (QED) is 0.534. The van der Waals surface area contributed by atoms with Gasteiger partial charge in [0.05, 0.1) is 10.9 Å². The minimum atomic E-state index is -3.97. The number of Topliss-reactive ketones (excluding diaryl/α,β-unsaturated/α-hetero) is 1. The lowest BCUT2D eigenvalue weighted by Crippen LogP contribution is -2.47. The van der Waals surface area contributed by atoms with E-state index in [1.807, 2.05) is 13.0 Å². The summed E-state index contributed by atoms with van der Waals surface area (Å²) in [6.45, 7) is 1.43. The van der Waals surface area contributed by atoms with Crippen LogP contribution in [0.15, 0.2) is 59.5 Å². The molecule has 2 atom stereocenters. The lowest BCUT2D eigenvalue weighted by atomic mass is 9.97. The van der Waals surface area contributed by atoms with Crippen LogP contribution in [0.1, 0.15) is 24.0 Å². The number of hydrogen-bond acceptors (Lipinski definition) is 6. The number of amides is 1. The highest BCUT2D eigenvalue weighted by Gasteiger charge is 2.43. The molecule has 1 heterocycles. The van der Waals surface area contributed by atoms with Crippen LogP contribution in [-0.2, 0) is 31.0 Å². The summed E-state index contributed by atoms with van der Waals surface area (Å²) in [5, 5.41) is 11.9. The fraction of sp³-hybridized carbons (Fsp3) is 0.348. The second-order valence-electron chi connectivity index (χ2n) is 7.82. The van der Waals surface area contributed by atoms with Crippen molar-refractivity contribution in [2.24, 2.45) is 5.92 Å².